The quantitative estimate of drug-likeness (QED) is 0.771. The molecule has 108 valence electrons. The van der Waals surface area contributed by atoms with E-state index in [1.165, 1.54) is 12.0 Å². The lowest BCUT2D eigenvalue weighted by Gasteiger charge is -2.17. The van der Waals surface area contributed by atoms with Crippen molar-refractivity contribution in [2.45, 2.75) is 6.23 Å². The second-order valence-electron chi connectivity index (χ2n) is 4.13. The SMILES string of the molecule is COc1cc(C=O)ccc1OCCN1C(=O)OCC1O. The fraction of sp³-hybridized carbons (Fsp3) is 0.385. The van der Waals surface area contributed by atoms with Gasteiger partial charge in [0.1, 0.15) is 19.5 Å². The summed E-state index contributed by atoms with van der Waals surface area (Å²) in [6.45, 7) is 0.331. The second kappa shape index (κ2) is 6.25. The van der Waals surface area contributed by atoms with Gasteiger partial charge in [-0.1, -0.05) is 0 Å². The Morgan fingerprint density at radius 1 is 1.50 bits per heavy atom. The first-order chi connectivity index (χ1) is 9.65. The minimum Gasteiger partial charge on any atom is -0.493 e. The molecule has 1 atom stereocenters. The van der Waals surface area contributed by atoms with Crippen molar-refractivity contribution < 1.29 is 28.9 Å². The highest BCUT2D eigenvalue weighted by Gasteiger charge is 2.30. The Morgan fingerprint density at radius 2 is 2.30 bits per heavy atom. The van der Waals surface area contributed by atoms with Crippen LogP contribution in [0.25, 0.3) is 0 Å². The molecule has 1 aliphatic heterocycles. The molecule has 0 aliphatic carbocycles. The summed E-state index contributed by atoms with van der Waals surface area (Å²) in [6.07, 6.45) is -0.794. The zero-order chi connectivity index (χ0) is 14.5. The third-order valence-corrected chi connectivity index (χ3v) is 2.86. The lowest BCUT2D eigenvalue weighted by Crippen LogP contribution is -2.36. The summed E-state index contributed by atoms with van der Waals surface area (Å²) < 4.78 is 15.3. The minimum absolute atomic E-state index is 0.0316. The average Bonchev–Trinajstić information content (AvgIpc) is 2.79. The number of aliphatic hydroxyl groups is 1. The molecule has 1 aromatic rings. The number of hydrogen-bond acceptors (Lipinski definition) is 6. The predicted molar refractivity (Wildman–Crippen MR) is 67.9 cm³/mol. The Labute approximate surface area is 115 Å². The van der Waals surface area contributed by atoms with Gasteiger partial charge in [-0.25, -0.2) is 4.79 Å². The maximum absolute atomic E-state index is 11.3. The lowest BCUT2D eigenvalue weighted by molar-refractivity contribution is 0.0519. The molecule has 1 heterocycles. The Balaban J connectivity index is 1.94. The molecule has 7 nitrogen and oxygen atoms in total. The monoisotopic (exact) mass is 281 g/mol. The van der Waals surface area contributed by atoms with Crippen LogP contribution in [0.3, 0.4) is 0 Å². The molecular weight excluding hydrogens is 266 g/mol. The summed E-state index contributed by atoms with van der Waals surface area (Å²) in [5.74, 6) is 0.888. The van der Waals surface area contributed by atoms with Crippen molar-refractivity contribution in [3.05, 3.63) is 23.8 Å². The van der Waals surface area contributed by atoms with Crippen molar-refractivity contribution in [3.8, 4) is 11.5 Å². The van der Waals surface area contributed by atoms with Crippen molar-refractivity contribution >= 4 is 12.4 Å². The molecule has 1 unspecified atom stereocenters. The van der Waals surface area contributed by atoms with Gasteiger partial charge < -0.3 is 19.3 Å². The number of ether oxygens (including phenoxy) is 3. The Morgan fingerprint density at radius 3 is 2.90 bits per heavy atom. The standard InChI is InChI=1S/C13H15NO6/c1-18-11-6-9(7-15)2-3-10(11)19-5-4-14-12(16)8-20-13(14)17/h2-3,6-7,12,16H,4-5,8H2,1H3. The fourth-order valence-corrected chi connectivity index (χ4v) is 1.81. The van der Waals surface area contributed by atoms with Gasteiger partial charge in [0.15, 0.2) is 17.7 Å². The first-order valence-electron chi connectivity index (χ1n) is 6.03. The van der Waals surface area contributed by atoms with Crippen molar-refractivity contribution in [3.63, 3.8) is 0 Å². The van der Waals surface area contributed by atoms with Gasteiger partial charge in [-0.2, -0.15) is 0 Å². The zero-order valence-corrected chi connectivity index (χ0v) is 10.9. The molecule has 2 rings (SSSR count). The first-order valence-corrected chi connectivity index (χ1v) is 6.03. The van der Waals surface area contributed by atoms with Crippen LogP contribution in [0, 0.1) is 0 Å². The first kappa shape index (κ1) is 14.1. The number of methoxy groups -OCH3 is 1. The van der Waals surface area contributed by atoms with E-state index in [2.05, 4.69) is 4.74 Å². The molecule has 1 aliphatic rings. The number of carbonyl (C=O) groups is 2. The van der Waals surface area contributed by atoms with Crippen molar-refractivity contribution in [2.24, 2.45) is 0 Å². The van der Waals surface area contributed by atoms with Crippen LogP contribution in [0.1, 0.15) is 10.4 Å². The number of cyclic esters (lactones) is 1. The summed E-state index contributed by atoms with van der Waals surface area (Å²) in [5, 5.41) is 9.49. The van der Waals surface area contributed by atoms with Crippen LogP contribution >= 0.6 is 0 Å². The van der Waals surface area contributed by atoms with Gasteiger partial charge in [-0.15, -0.1) is 0 Å². The summed E-state index contributed by atoms with van der Waals surface area (Å²) in [4.78, 5) is 23.1. The third-order valence-electron chi connectivity index (χ3n) is 2.86. The van der Waals surface area contributed by atoms with E-state index < -0.39 is 12.3 Å². The number of aliphatic hydroxyl groups excluding tert-OH is 1. The van der Waals surface area contributed by atoms with Crippen molar-refractivity contribution in [1.82, 2.24) is 4.90 Å². The van der Waals surface area contributed by atoms with Gasteiger partial charge in [0.25, 0.3) is 0 Å². The normalized spacial score (nSPS) is 17.8. The minimum atomic E-state index is -0.939. The largest absolute Gasteiger partial charge is 0.493 e. The van der Waals surface area contributed by atoms with Crippen LogP contribution < -0.4 is 9.47 Å². The number of aldehydes is 1. The van der Waals surface area contributed by atoms with E-state index >= 15 is 0 Å². The molecule has 1 N–H and O–H groups in total. The summed E-state index contributed by atoms with van der Waals surface area (Å²) in [7, 11) is 1.47. The number of nitrogens with zero attached hydrogens (tertiary/aromatic N) is 1. The number of hydrogen-bond donors (Lipinski definition) is 1. The van der Waals surface area contributed by atoms with Crippen LogP contribution in [0.4, 0.5) is 4.79 Å². The summed E-state index contributed by atoms with van der Waals surface area (Å²) >= 11 is 0. The topological polar surface area (TPSA) is 85.3 Å². The molecule has 1 saturated heterocycles. The Hall–Kier alpha value is -2.28. The summed E-state index contributed by atoms with van der Waals surface area (Å²) in [6, 6.07) is 4.77. The van der Waals surface area contributed by atoms with E-state index in [0.29, 0.717) is 23.3 Å². The molecule has 0 aromatic heterocycles. The van der Waals surface area contributed by atoms with Crippen LogP contribution in [-0.4, -0.2) is 55.5 Å². The van der Waals surface area contributed by atoms with Crippen LogP contribution in [0.15, 0.2) is 18.2 Å². The van der Waals surface area contributed by atoms with Crippen LogP contribution in [0.2, 0.25) is 0 Å². The van der Waals surface area contributed by atoms with Crippen molar-refractivity contribution in [1.29, 1.82) is 0 Å². The molecule has 7 heteroatoms. The van der Waals surface area contributed by atoms with E-state index in [4.69, 9.17) is 9.47 Å². The van der Waals surface area contributed by atoms with Gasteiger partial charge in [0.05, 0.1) is 13.7 Å². The number of amides is 1. The van der Waals surface area contributed by atoms with E-state index in [1.54, 1.807) is 18.2 Å². The third kappa shape index (κ3) is 3.00. The van der Waals surface area contributed by atoms with E-state index in [1.807, 2.05) is 0 Å². The van der Waals surface area contributed by atoms with Crippen molar-refractivity contribution in [2.75, 3.05) is 26.9 Å². The molecule has 1 fully saturated rings. The highest BCUT2D eigenvalue weighted by molar-refractivity contribution is 5.76. The molecule has 20 heavy (non-hydrogen) atoms. The second-order valence-corrected chi connectivity index (χ2v) is 4.13. The van der Waals surface area contributed by atoms with Gasteiger partial charge in [0, 0.05) is 5.56 Å². The maximum atomic E-state index is 11.3. The molecule has 0 radical (unpaired) electrons. The van der Waals surface area contributed by atoms with Gasteiger partial charge in [-0.05, 0) is 18.2 Å². The van der Waals surface area contributed by atoms with Crippen LogP contribution in [-0.2, 0) is 4.74 Å². The highest BCUT2D eigenvalue weighted by Crippen LogP contribution is 2.27. The molecule has 0 spiro atoms. The lowest BCUT2D eigenvalue weighted by atomic mass is 10.2. The Kier molecular flexibility index (Phi) is 4.41. The number of rotatable bonds is 6. The maximum Gasteiger partial charge on any atom is 0.412 e. The average molecular weight is 281 g/mol. The van der Waals surface area contributed by atoms with E-state index in [-0.39, 0.29) is 19.8 Å². The number of benzene rings is 1. The van der Waals surface area contributed by atoms with E-state index in [9.17, 15) is 14.7 Å². The highest BCUT2D eigenvalue weighted by atomic mass is 16.6. The number of carbonyl (C=O) groups excluding carboxylic acids is 2. The summed E-state index contributed by atoms with van der Waals surface area (Å²) in [5.41, 5.74) is 0.479. The van der Waals surface area contributed by atoms with Gasteiger partial charge in [-0.3, -0.25) is 9.69 Å². The molecule has 0 bridgehead atoms. The molecule has 1 amide bonds. The van der Waals surface area contributed by atoms with Gasteiger partial charge in [0.2, 0.25) is 0 Å². The molecule has 1 aromatic carbocycles. The zero-order valence-electron chi connectivity index (χ0n) is 10.9. The van der Waals surface area contributed by atoms with Gasteiger partial charge >= 0.3 is 6.09 Å². The smallest absolute Gasteiger partial charge is 0.412 e. The molecular formula is C13H15NO6. The Bertz CT molecular complexity index is 504. The predicted octanol–water partition coefficient (Wildman–Crippen LogP) is 0.657. The molecule has 0 saturated carbocycles. The fourth-order valence-electron chi connectivity index (χ4n) is 1.81. The van der Waals surface area contributed by atoms with Crippen LogP contribution in [0.5, 0.6) is 11.5 Å². The van der Waals surface area contributed by atoms with E-state index in [0.717, 1.165) is 0 Å².